The van der Waals surface area contributed by atoms with E-state index in [0.29, 0.717) is 19.5 Å². The van der Waals surface area contributed by atoms with Crippen LogP contribution in [-0.2, 0) is 11.2 Å². The van der Waals surface area contributed by atoms with Crippen LogP contribution in [0.15, 0.2) is 23.1 Å². The summed E-state index contributed by atoms with van der Waals surface area (Å²) in [7, 11) is 0. The number of piperazine rings is 1. The summed E-state index contributed by atoms with van der Waals surface area (Å²) >= 11 is 6.38. The van der Waals surface area contributed by atoms with Crippen LogP contribution in [-0.4, -0.2) is 52.2 Å². The molecule has 0 saturated carbocycles. The minimum Gasteiger partial charge on any atom is -0.464 e. The third kappa shape index (κ3) is 2.92. The van der Waals surface area contributed by atoms with Crippen molar-refractivity contribution in [2.45, 2.75) is 20.3 Å². The van der Waals surface area contributed by atoms with Gasteiger partial charge in [-0.2, -0.15) is 10.1 Å². The molecule has 0 spiro atoms. The molecule has 3 heterocycles. The number of benzene rings is 1. The quantitative estimate of drug-likeness (QED) is 0.763. The first-order valence-corrected chi connectivity index (χ1v) is 8.96. The number of hydrogen-bond acceptors (Lipinski definition) is 5. The van der Waals surface area contributed by atoms with Gasteiger partial charge in [0, 0.05) is 42.2 Å². The Hall–Kier alpha value is -2.54. The van der Waals surface area contributed by atoms with E-state index in [9.17, 15) is 4.79 Å². The molecule has 1 aliphatic heterocycles. The number of anilines is 1. The molecule has 0 radical (unpaired) electrons. The van der Waals surface area contributed by atoms with Gasteiger partial charge in [-0.3, -0.25) is 4.79 Å². The number of aryl methyl sites for hydroxylation is 2. The summed E-state index contributed by atoms with van der Waals surface area (Å²) in [5, 5.41) is 8.42. The molecule has 0 unspecified atom stereocenters. The Kier molecular flexibility index (Phi) is 4.32. The second kappa shape index (κ2) is 6.64. The molecule has 3 aromatic rings. The first kappa shape index (κ1) is 16.9. The standard InChI is InChI=1S/C18H20ClN5O2/c1-11-7-14-16(12(2)17(11)19)13(9-26-14)8-15(25)23-3-5-24(6-4-23)18-20-10-21-22-18/h7,9-10H,3-6,8H2,1-2H3,(H,20,21,22). The van der Waals surface area contributed by atoms with Crippen molar-refractivity contribution in [2.24, 2.45) is 0 Å². The van der Waals surface area contributed by atoms with Crippen LogP contribution in [0.25, 0.3) is 11.0 Å². The van der Waals surface area contributed by atoms with Gasteiger partial charge in [-0.15, -0.1) is 0 Å². The number of fused-ring (bicyclic) bond motifs is 1. The maximum absolute atomic E-state index is 12.8. The van der Waals surface area contributed by atoms with Gasteiger partial charge in [0.25, 0.3) is 0 Å². The fourth-order valence-electron chi connectivity index (χ4n) is 3.53. The van der Waals surface area contributed by atoms with Gasteiger partial charge in [0.15, 0.2) is 0 Å². The zero-order valence-corrected chi connectivity index (χ0v) is 15.5. The minimum absolute atomic E-state index is 0.0982. The SMILES string of the molecule is Cc1cc2occ(CC(=O)N3CCN(c4ncn[nH]4)CC3)c2c(C)c1Cl. The lowest BCUT2D eigenvalue weighted by molar-refractivity contribution is -0.130. The maximum Gasteiger partial charge on any atom is 0.227 e. The zero-order chi connectivity index (χ0) is 18.3. The first-order valence-electron chi connectivity index (χ1n) is 8.58. The van der Waals surface area contributed by atoms with Crippen molar-refractivity contribution < 1.29 is 9.21 Å². The number of carbonyl (C=O) groups is 1. The summed E-state index contributed by atoms with van der Waals surface area (Å²) in [6, 6.07) is 1.93. The number of halogens is 1. The minimum atomic E-state index is 0.0982. The number of H-pyrrole nitrogens is 1. The molecule has 1 N–H and O–H groups in total. The summed E-state index contributed by atoms with van der Waals surface area (Å²) in [5.74, 6) is 0.847. The lowest BCUT2D eigenvalue weighted by Gasteiger charge is -2.34. The Labute approximate surface area is 155 Å². The molecule has 1 aliphatic rings. The Bertz CT molecular complexity index is 942. The van der Waals surface area contributed by atoms with Crippen molar-refractivity contribution in [1.82, 2.24) is 20.1 Å². The highest BCUT2D eigenvalue weighted by Crippen LogP contribution is 2.33. The van der Waals surface area contributed by atoms with Gasteiger partial charge in [0.2, 0.25) is 11.9 Å². The summed E-state index contributed by atoms with van der Waals surface area (Å²) in [4.78, 5) is 20.9. The molecule has 8 heteroatoms. The molecule has 1 saturated heterocycles. The number of nitrogens with zero attached hydrogens (tertiary/aromatic N) is 4. The van der Waals surface area contributed by atoms with Gasteiger partial charge in [0.1, 0.15) is 11.9 Å². The van der Waals surface area contributed by atoms with Crippen LogP contribution in [0.3, 0.4) is 0 Å². The van der Waals surface area contributed by atoms with Crippen molar-refractivity contribution in [1.29, 1.82) is 0 Å². The topological polar surface area (TPSA) is 78.3 Å². The van der Waals surface area contributed by atoms with E-state index in [2.05, 4.69) is 20.1 Å². The van der Waals surface area contributed by atoms with Crippen LogP contribution in [0.4, 0.5) is 5.95 Å². The summed E-state index contributed by atoms with van der Waals surface area (Å²) < 4.78 is 5.66. The molecule has 0 atom stereocenters. The molecule has 2 aromatic heterocycles. The zero-order valence-electron chi connectivity index (χ0n) is 14.8. The molecule has 136 valence electrons. The highest BCUT2D eigenvalue weighted by atomic mass is 35.5. The Morgan fingerprint density at radius 2 is 2.08 bits per heavy atom. The van der Waals surface area contributed by atoms with E-state index in [1.807, 2.05) is 24.8 Å². The van der Waals surface area contributed by atoms with Crippen LogP contribution < -0.4 is 4.90 Å². The van der Waals surface area contributed by atoms with E-state index in [4.69, 9.17) is 16.0 Å². The monoisotopic (exact) mass is 373 g/mol. The maximum atomic E-state index is 12.8. The van der Waals surface area contributed by atoms with Crippen LogP contribution in [0.2, 0.25) is 5.02 Å². The van der Waals surface area contributed by atoms with E-state index >= 15 is 0 Å². The number of hydrogen-bond donors (Lipinski definition) is 1. The van der Waals surface area contributed by atoms with Crippen molar-refractivity contribution >= 4 is 34.4 Å². The predicted octanol–water partition coefficient (Wildman–Crippen LogP) is 2.71. The number of aromatic amines is 1. The third-order valence-electron chi connectivity index (χ3n) is 4.97. The molecule has 4 rings (SSSR count). The van der Waals surface area contributed by atoms with Crippen molar-refractivity contribution in [3.05, 3.63) is 40.4 Å². The third-order valence-corrected chi connectivity index (χ3v) is 5.55. The van der Waals surface area contributed by atoms with Crippen LogP contribution >= 0.6 is 11.6 Å². The summed E-state index contributed by atoms with van der Waals surface area (Å²) in [6.07, 6.45) is 3.48. The van der Waals surface area contributed by atoms with Crippen molar-refractivity contribution in [3.8, 4) is 0 Å². The number of furan rings is 1. The molecule has 1 aromatic carbocycles. The van der Waals surface area contributed by atoms with E-state index in [-0.39, 0.29) is 5.91 Å². The van der Waals surface area contributed by atoms with Gasteiger partial charge in [0.05, 0.1) is 12.7 Å². The summed E-state index contributed by atoms with van der Waals surface area (Å²) in [5.41, 5.74) is 3.62. The van der Waals surface area contributed by atoms with E-state index in [0.717, 1.165) is 51.7 Å². The number of carbonyl (C=O) groups excluding carboxylic acids is 1. The Morgan fingerprint density at radius 1 is 1.31 bits per heavy atom. The summed E-state index contributed by atoms with van der Waals surface area (Å²) in [6.45, 7) is 6.71. The second-order valence-electron chi connectivity index (χ2n) is 6.62. The average Bonchev–Trinajstić information content (AvgIpc) is 3.30. The van der Waals surface area contributed by atoms with Gasteiger partial charge >= 0.3 is 0 Å². The Balaban J connectivity index is 1.47. The molecule has 1 fully saturated rings. The second-order valence-corrected chi connectivity index (χ2v) is 7.00. The lowest BCUT2D eigenvalue weighted by atomic mass is 10.0. The largest absolute Gasteiger partial charge is 0.464 e. The van der Waals surface area contributed by atoms with E-state index in [1.54, 1.807) is 6.26 Å². The van der Waals surface area contributed by atoms with Crippen LogP contribution in [0.1, 0.15) is 16.7 Å². The molecule has 0 bridgehead atoms. The van der Waals surface area contributed by atoms with Gasteiger partial charge in [-0.25, -0.2) is 5.10 Å². The predicted molar refractivity (Wildman–Crippen MR) is 99.6 cm³/mol. The van der Waals surface area contributed by atoms with Gasteiger partial charge in [-0.1, -0.05) is 11.6 Å². The highest BCUT2D eigenvalue weighted by molar-refractivity contribution is 6.33. The molecular formula is C18H20ClN5O2. The Morgan fingerprint density at radius 3 is 2.77 bits per heavy atom. The first-order chi connectivity index (χ1) is 12.5. The molecule has 1 amide bonds. The van der Waals surface area contributed by atoms with Crippen LogP contribution in [0.5, 0.6) is 0 Å². The van der Waals surface area contributed by atoms with Crippen molar-refractivity contribution in [3.63, 3.8) is 0 Å². The fourth-order valence-corrected chi connectivity index (χ4v) is 3.68. The smallest absolute Gasteiger partial charge is 0.227 e. The van der Waals surface area contributed by atoms with Gasteiger partial charge in [-0.05, 0) is 31.0 Å². The van der Waals surface area contributed by atoms with E-state index in [1.165, 1.54) is 6.33 Å². The fraction of sp³-hybridized carbons (Fsp3) is 0.389. The average molecular weight is 374 g/mol. The normalized spacial score (nSPS) is 15.0. The number of nitrogens with one attached hydrogen (secondary N) is 1. The van der Waals surface area contributed by atoms with Gasteiger partial charge < -0.3 is 14.2 Å². The molecule has 0 aliphatic carbocycles. The molecule has 26 heavy (non-hydrogen) atoms. The van der Waals surface area contributed by atoms with E-state index < -0.39 is 0 Å². The molecular weight excluding hydrogens is 354 g/mol. The highest BCUT2D eigenvalue weighted by Gasteiger charge is 2.24. The molecule has 7 nitrogen and oxygen atoms in total. The van der Waals surface area contributed by atoms with Crippen molar-refractivity contribution in [2.75, 3.05) is 31.1 Å². The van der Waals surface area contributed by atoms with Crippen LogP contribution in [0, 0.1) is 13.8 Å². The number of amides is 1. The number of aromatic nitrogens is 3. The lowest BCUT2D eigenvalue weighted by Crippen LogP contribution is -2.49. The number of rotatable bonds is 3.